The van der Waals surface area contributed by atoms with E-state index in [4.69, 9.17) is 22.1 Å². The van der Waals surface area contributed by atoms with Gasteiger partial charge in [0.2, 0.25) is 5.91 Å². The van der Waals surface area contributed by atoms with E-state index in [1.165, 1.54) is 18.2 Å². The number of nitrogens with one attached hydrogen (secondary N) is 1. The summed E-state index contributed by atoms with van der Waals surface area (Å²) in [5.41, 5.74) is 5.10. The Hall–Kier alpha value is -1.86. The fourth-order valence-electron chi connectivity index (χ4n) is 1.24. The summed E-state index contributed by atoms with van der Waals surface area (Å²) in [5.74, 6) is -0.566. The molecule has 0 radical (unpaired) electrons. The molecule has 0 unspecified atom stereocenters. The molecule has 1 aromatic carbocycles. The average Bonchev–Trinajstić information content (AvgIpc) is 2.27. The van der Waals surface area contributed by atoms with Gasteiger partial charge < -0.3 is 15.8 Å². The van der Waals surface area contributed by atoms with Crippen LogP contribution in [0.4, 0.5) is 11.4 Å². The van der Waals surface area contributed by atoms with Gasteiger partial charge in [-0.15, -0.1) is 0 Å². The minimum atomic E-state index is -0.566. The molecule has 0 aliphatic rings. The molecule has 8 heteroatoms. The van der Waals surface area contributed by atoms with Crippen molar-refractivity contribution in [3.8, 4) is 0 Å². The smallest absolute Gasteiger partial charge is 0.292 e. The molecule has 0 saturated carbocycles. The first-order valence-corrected chi connectivity index (χ1v) is 5.42. The van der Waals surface area contributed by atoms with Gasteiger partial charge in [0, 0.05) is 17.6 Å². The predicted octanol–water partition coefficient (Wildman–Crippen LogP) is 1.16. The summed E-state index contributed by atoms with van der Waals surface area (Å²) >= 11 is 5.75. The highest BCUT2D eigenvalue weighted by atomic mass is 35.5. The van der Waals surface area contributed by atoms with Crippen molar-refractivity contribution in [2.45, 2.75) is 0 Å². The third-order valence-corrected chi connectivity index (χ3v) is 2.20. The van der Waals surface area contributed by atoms with E-state index in [0.29, 0.717) is 17.3 Å². The zero-order valence-corrected chi connectivity index (χ0v) is 10.1. The molecule has 1 rings (SSSR count). The van der Waals surface area contributed by atoms with Crippen molar-refractivity contribution in [1.82, 2.24) is 0 Å². The van der Waals surface area contributed by atoms with Crippen molar-refractivity contribution in [2.75, 3.05) is 25.1 Å². The molecule has 1 aromatic rings. The molecule has 0 aromatic heterocycles. The molecule has 0 fully saturated rings. The number of halogens is 1. The highest BCUT2D eigenvalue weighted by Crippen LogP contribution is 2.27. The number of nitro benzene ring substituents is 1. The highest BCUT2D eigenvalue weighted by Gasteiger charge is 2.13. The van der Waals surface area contributed by atoms with Gasteiger partial charge >= 0.3 is 0 Å². The van der Waals surface area contributed by atoms with Crippen LogP contribution in [0.15, 0.2) is 18.2 Å². The van der Waals surface area contributed by atoms with E-state index in [1.807, 2.05) is 0 Å². The molecule has 0 aliphatic carbocycles. The Morgan fingerprint density at radius 1 is 1.56 bits per heavy atom. The summed E-state index contributed by atoms with van der Waals surface area (Å²) in [7, 11) is 0. The molecule has 1 amide bonds. The Morgan fingerprint density at radius 2 is 2.28 bits per heavy atom. The Balaban J connectivity index is 2.53. The third-order valence-electron chi connectivity index (χ3n) is 1.96. The van der Waals surface area contributed by atoms with Gasteiger partial charge in [0.15, 0.2) is 0 Å². The molecule has 0 spiro atoms. The molecule has 3 N–H and O–H groups in total. The normalized spacial score (nSPS) is 10.1. The second-order valence-electron chi connectivity index (χ2n) is 3.36. The molecular formula is C10H12ClN3O4. The summed E-state index contributed by atoms with van der Waals surface area (Å²) in [6.07, 6.45) is 0. The number of amides is 1. The number of nitrogens with zero attached hydrogens (tertiary/aromatic N) is 1. The Kier molecular flexibility index (Phi) is 5.34. The third kappa shape index (κ3) is 4.56. The van der Waals surface area contributed by atoms with Crippen LogP contribution in [0.5, 0.6) is 0 Å². The number of carbonyl (C=O) groups is 1. The molecular weight excluding hydrogens is 262 g/mol. The van der Waals surface area contributed by atoms with E-state index in [1.54, 1.807) is 0 Å². The van der Waals surface area contributed by atoms with Crippen molar-refractivity contribution in [2.24, 2.45) is 5.73 Å². The maximum Gasteiger partial charge on any atom is 0.292 e. The van der Waals surface area contributed by atoms with Gasteiger partial charge in [0.25, 0.3) is 5.69 Å². The summed E-state index contributed by atoms with van der Waals surface area (Å²) < 4.78 is 4.91. The van der Waals surface area contributed by atoms with Crippen molar-refractivity contribution < 1.29 is 14.5 Å². The first-order valence-electron chi connectivity index (χ1n) is 5.04. The van der Waals surface area contributed by atoms with Crippen molar-refractivity contribution >= 4 is 28.9 Å². The monoisotopic (exact) mass is 273 g/mol. The molecule has 0 aliphatic heterocycles. The number of benzene rings is 1. The molecule has 0 heterocycles. The van der Waals surface area contributed by atoms with Gasteiger partial charge in [-0.25, -0.2) is 0 Å². The van der Waals surface area contributed by atoms with Gasteiger partial charge in [-0.1, -0.05) is 11.6 Å². The maximum atomic E-state index is 10.7. The number of rotatable bonds is 7. The van der Waals surface area contributed by atoms with Gasteiger partial charge in [-0.2, -0.15) is 0 Å². The van der Waals surface area contributed by atoms with Crippen LogP contribution < -0.4 is 11.1 Å². The van der Waals surface area contributed by atoms with Crippen LogP contribution in [-0.2, 0) is 9.53 Å². The largest absolute Gasteiger partial charge is 0.377 e. The van der Waals surface area contributed by atoms with E-state index < -0.39 is 10.8 Å². The summed E-state index contributed by atoms with van der Waals surface area (Å²) in [6, 6.07) is 4.21. The van der Waals surface area contributed by atoms with E-state index in [2.05, 4.69) is 5.32 Å². The minimum Gasteiger partial charge on any atom is -0.377 e. The number of hydrogen-bond donors (Lipinski definition) is 2. The van der Waals surface area contributed by atoms with Gasteiger partial charge in [0.1, 0.15) is 12.3 Å². The number of anilines is 1. The molecule has 18 heavy (non-hydrogen) atoms. The number of carbonyl (C=O) groups excluding carboxylic acids is 1. The van der Waals surface area contributed by atoms with Crippen LogP contribution in [0.1, 0.15) is 0 Å². The Bertz CT molecular complexity index is 453. The quantitative estimate of drug-likeness (QED) is 0.440. The Labute approximate surface area is 108 Å². The van der Waals surface area contributed by atoms with Crippen molar-refractivity contribution in [1.29, 1.82) is 0 Å². The Morgan fingerprint density at radius 3 is 2.89 bits per heavy atom. The predicted molar refractivity (Wildman–Crippen MR) is 66.6 cm³/mol. The standard InChI is InChI=1S/C10H12ClN3O4/c11-7-1-2-9(14(16)17)8(5-7)13-3-4-18-6-10(12)15/h1-2,5,13H,3-4,6H2,(H2,12,15). The van der Waals surface area contributed by atoms with E-state index in [0.717, 1.165) is 0 Å². The summed E-state index contributed by atoms with van der Waals surface area (Å²) in [5, 5.41) is 13.9. The van der Waals surface area contributed by atoms with Gasteiger partial charge in [-0.05, 0) is 12.1 Å². The maximum absolute atomic E-state index is 10.7. The van der Waals surface area contributed by atoms with Crippen molar-refractivity contribution in [3.63, 3.8) is 0 Å². The first-order chi connectivity index (χ1) is 8.50. The number of ether oxygens (including phenoxy) is 1. The fourth-order valence-corrected chi connectivity index (χ4v) is 1.41. The van der Waals surface area contributed by atoms with E-state index in [9.17, 15) is 14.9 Å². The van der Waals surface area contributed by atoms with Crippen LogP contribution in [0, 0.1) is 10.1 Å². The molecule has 0 bridgehead atoms. The fraction of sp³-hybridized carbons (Fsp3) is 0.300. The van der Waals surface area contributed by atoms with Gasteiger partial charge in [-0.3, -0.25) is 14.9 Å². The van der Waals surface area contributed by atoms with E-state index >= 15 is 0 Å². The summed E-state index contributed by atoms with van der Waals surface area (Å²) in [6.45, 7) is 0.320. The number of nitrogens with two attached hydrogens (primary N) is 1. The second-order valence-corrected chi connectivity index (χ2v) is 3.80. The second kappa shape index (κ2) is 6.77. The average molecular weight is 274 g/mol. The van der Waals surface area contributed by atoms with Gasteiger partial charge in [0.05, 0.1) is 11.5 Å². The minimum absolute atomic E-state index is 0.0747. The molecule has 0 saturated heterocycles. The lowest BCUT2D eigenvalue weighted by molar-refractivity contribution is -0.384. The lowest BCUT2D eigenvalue weighted by atomic mass is 10.2. The molecule has 7 nitrogen and oxygen atoms in total. The molecule has 0 atom stereocenters. The van der Waals surface area contributed by atoms with Crippen LogP contribution in [0.25, 0.3) is 0 Å². The van der Waals surface area contributed by atoms with Crippen molar-refractivity contribution in [3.05, 3.63) is 33.3 Å². The molecule has 98 valence electrons. The number of primary amides is 1. The van der Waals surface area contributed by atoms with Crippen LogP contribution in [-0.4, -0.2) is 30.6 Å². The number of hydrogen-bond acceptors (Lipinski definition) is 5. The van der Waals surface area contributed by atoms with Crippen LogP contribution in [0.2, 0.25) is 5.02 Å². The van der Waals surface area contributed by atoms with E-state index in [-0.39, 0.29) is 18.9 Å². The highest BCUT2D eigenvalue weighted by molar-refractivity contribution is 6.31. The number of nitro groups is 1. The van der Waals surface area contributed by atoms with Crippen LogP contribution >= 0.6 is 11.6 Å². The zero-order chi connectivity index (χ0) is 13.5. The summed E-state index contributed by atoms with van der Waals surface area (Å²) in [4.78, 5) is 20.6. The SMILES string of the molecule is NC(=O)COCCNc1cc(Cl)ccc1[N+](=O)[O-]. The topological polar surface area (TPSA) is 107 Å². The lowest BCUT2D eigenvalue weighted by Gasteiger charge is -2.07. The lowest BCUT2D eigenvalue weighted by Crippen LogP contribution is -2.20. The van der Waals surface area contributed by atoms with Crippen LogP contribution in [0.3, 0.4) is 0 Å². The zero-order valence-electron chi connectivity index (χ0n) is 9.39. The first kappa shape index (κ1) is 14.2.